The topological polar surface area (TPSA) is 116 Å². The lowest BCUT2D eigenvalue weighted by molar-refractivity contribution is 0.808. The standard InChI is InChI=1S/C11H14N6S/c1-6(15-11(14)17-10(12)13)9-16-7-4-2-3-5-8(7)18-9/h2-6H,1H3,(H6,12,13,14,15,17). The van der Waals surface area contributed by atoms with Crippen molar-refractivity contribution in [2.24, 2.45) is 27.2 Å². The van der Waals surface area contributed by atoms with E-state index >= 15 is 0 Å². The van der Waals surface area contributed by atoms with Crippen molar-refractivity contribution in [2.75, 3.05) is 0 Å². The summed E-state index contributed by atoms with van der Waals surface area (Å²) in [5, 5.41) is 0.880. The van der Waals surface area contributed by atoms with Gasteiger partial charge in [0.1, 0.15) is 11.0 Å². The van der Waals surface area contributed by atoms with Gasteiger partial charge in [-0.3, -0.25) is 0 Å². The summed E-state index contributed by atoms with van der Waals surface area (Å²) in [6.45, 7) is 1.90. The van der Waals surface area contributed by atoms with Crippen LogP contribution in [0.4, 0.5) is 0 Å². The smallest absolute Gasteiger partial charge is 0.219 e. The van der Waals surface area contributed by atoms with Crippen molar-refractivity contribution in [1.82, 2.24) is 4.98 Å². The zero-order chi connectivity index (χ0) is 13.1. The Morgan fingerprint density at radius 3 is 2.67 bits per heavy atom. The van der Waals surface area contributed by atoms with Crippen LogP contribution in [0.1, 0.15) is 18.0 Å². The number of para-hydroxylation sites is 1. The Labute approximate surface area is 108 Å². The number of thiazole rings is 1. The van der Waals surface area contributed by atoms with Crippen LogP contribution in [-0.2, 0) is 0 Å². The van der Waals surface area contributed by atoms with E-state index < -0.39 is 0 Å². The first-order chi connectivity index (χ1) is 8.56. The van der Waals surface area contributed by atoms with Gasteiger partial charge in [0, 0.05) is 0 Å². The van der Waals surface area contributed by atoms with E-state index in [1.54, 1.807) is 11.3 Å². The van der Waals surface area contributed by atoms with Crippen LogP contribution < -0.4 is 17.2 Å². The Kier molecular flexibility index (Phi) is 3.42. The first kappa shape index (κ1) is 12.3. The number of hydrogen-bond acceptors (Lipinski definition) is 3. The van der Waals surface area contributed by atoms with E-state index in [-0.39, 0.29) is 18.0 Å². The van der Waals surface area contributed by atoms with Crippen molar-refractivity contribution < 1.29 is 0 Å². The van der Waals surface area contributed by atoms with E-state index in [2.05, 4.69) is 15.0 Å². The van der Waals surface area contributed by atoms with Crippen LogP contribution in [-0.4, -0.2) is 16.9 Å². The number of hydrogen-bond donors (Lipinski definition) is 3. The van der Waals surface area contributed by atoms with Gasteiger partial charge in [0.15, 0.2) is 5.96 Å². The Morgan fingerprint density at radius 1 is 1.28 bits per heavy atom. The molecule has 0 bridgehead atoms. The van der Waals surface area contributed by atoms with Gasteiger partial charge in [0.25, 0.3) is 0 Å². The predicted octanol–water partition coefficient (Wildman–Crippen LogP) is 0.945. The van der Waals surface area contributed by atoms with Crippen LogP contribution in [0.25, 0.3) is 10.2 Å². The Balaban J connectivity index is 2.28. The second-order valence-corrected chi connectivity index (χ2v) is 4.78. The van der Waals surface area contributed by atoms with Crippen LogP contribution in [0.2, 0.25) is 0 Å². The molecule has 0 spiro atoms. The Hall–Kier alpha value is -2.15. The molecule has 0 aliphatic carbocycles. The molecule has 1 atom stereocenters. The van der Waals surface area contributed by atoms with Gasteiger partial charge in [-0.2, -0.15) is 4.99 Å². The molecular weight excluding hydrogens is 248 g/mol. The van der Waals surface area contributed by atoms with Crippen LogP contribution >= 0.6 is 11.3 Å². The molecule has 0 aliphatic heterocycles. The normalized spacial score (nSPS) is 13.5. The van der Waals surface area contributed by atoms with Crippen LogP contribution in [0, 0.1) is 0 Å². The summed E-state index contributed by atoms with van der Waals surface area (Å²) in [7, 11) is 0. The highest BCUT2D eigenvalue weighted by atomic mass is 32.1. The Bertz CT molecular complexity index is 578. The summed E-state index contributed by atoms with van der Waals surface area (Å²) >= 11 is 1.58. The maximum atomic E-state index is 5.59. The molecule has 6 N–H and O–H groups in total. The molecule has 1 aromatic carbocycles. The van der Waals surface area contributed by atoms with Gasteiger partial charge in [-0.15, -0.1) is 11.3 Å². The van der Waals surface area contributed by atoms with E-state index in [1.165, 1.54) is 0 Å². The van der Waals surface area contributed by atoms with E-state index in [1.807, 2.05) is 31.2 Å². The first-order valence-electron chi connectivity index (χ1n) is 5.34. The second-order valence-electron chi connectivity index (χ2n) is 3.72. The van der Waals surface area contributed by atoms with Crippen molar-refractivity contribution in [1.29, 1.82) is 0 Å². The number of aliphatic imine (C=N–C) groups is 2. The van der Waals surface area contributed by atoms with Crippen molar-refractivity contribution in [2.45, 2.75) is 13.0 Å². The summed E-state index contributed by atoms with van der Waals surface area (Å²) in [6, 6.07) is 7.74. The molecule has 18 heavy (non-hydrogen) atoms. The number of rotatable bonds is 2. The summed E-state index contributed by atoms with van der Waals surface area (Å²) < 4.78 is 1.12. The lowest BCUT2D eigenvalue weighted by Gasteiger charge is -2.01. The molecule has 0 amide bonds. The SMILES string of the molecule is CC(N=C(N)N=C(N)N)c1nc2ccccc2s1. The van der Waals surface area contributed by atoms with Crippen LogP contribution in [0.5, 0.6) is 0 Å². The molecule has 2 rings (SSSR count). The summed E-state index contributed by atoms with van der Waals surface area (Å²) in [4.78, 5) is 12.3. The van der Waals surface area contributed by atoms with E-state index in [0.29, 0.717) is 0 Å². The van der Waals surface area contributed by atoms with Crippen molar-refractivity contribution in [3.05, 3.63) is 29.3 Å². The van der Waals surface area contributed by atoms with E-state index in [0.717, 1.165) is 15.2 Å². The molecular formula is C11H14N6S. The molecule has 1 aromatic heterocycles. The summed E-state index contributed by atoms with van der Waals surface area (Å²) in [5.74, 6) is -0.0468. The van der Waals surface area contributed by atoms with Gasteiger partial charge in [-0.1, -0.05) is 12.1 Å². The maximum absolute atomic E-state index is 5.59. The van der Waals surface area contributed by atoms with Crippen molar-refractivity contribution >= 4 is 33.5 Å². The molecule has 0 saturated heterocycles. The van der Waals surface area contributed by atoms with E-state index in [9.17, 15) is 0 Å². The molecule has 7 heteroatoms. The quantitative estimate of drug-likeness (QED) is 0.551. The Morgan fingerprint density at radius 2 is 2.00 bits per heavy atom. The van der Waals surface area contributed by atoms with Gasteiger partial charge in [-0.05, 0) is 19.1 Å². The third kappa shape index (κ3) is 2.75. The zero-order valence-corrected chi connectivity index (χ0v) is 10.7. The van der Waals surface area contributed by atoms with Crippen LogP contribution in [0.3, 0.4) is 0 Å². The number of aromatic nitrogens is 1. The monoisotopic (exact) mass is 262 g/mol. The minimum Gasteiger partial charge on any atom is -0.370 e. The lowest BCUT2D eigenvalue weighted by Crippen LogP contribution is -2.26. The van der Waals surface area contributed by atoms with Crippen molar-refractivity contribution in [3.8, 4) is 0 Å². The highest BCUT2D eigenvalue weighted by Crippen LogP contribution is 2.27. The van der Waals surface area contributed by atoms with Gasteiger partial charge in [-0.25, -0.2) is 9.98 Å². The molecule has 0 saturated carbocycles. The molecule has 1 heterocycles. The maximum Gasteiger partial charge on any atom is 0.219 e. The minimum absolute atomic E-state index is 0.0572. The molecule has 2 aromatic rings. The summed E-state index contributed by atoms with van der Waals surface area (Å²) in [6.07, 6.45) is 0. The average molecular weight is 262 g/mol. The molecule has 0 aliphatic rings. The number of nitrogens with zero attached hydrogens (tertiary/aromatic N) is 3. The van der Waals surface area contributed by atoms with Gasteiger partial charge in [0.2, 0.25) is 5.96 Å². The molecule has 0 fully saturated rings. The zero-order valence-electron chi connectivity index (χ0n) is 9.87. The third-order valence-corrected chi connectivity index (χ3v) is 3.44. The number of fused-ring (bicyclic) bond motifs is 1. The van der Waals surface area contributed by atoms with Gasteiger partial charge < -0.3 is 17.2 Å². The highest BCUT2D eigenvalue weighted by Gasteiger charge is 2.10. The number of guanidine groups is 2. The third-order valence-electron chi connectivity index (χ3n) is 2.24. The fraction of sp³-hybridized carbons (Fsp3) is 0.182. The molecule has 94 valence electrons. The average Bonchev–Trinajstić information content (AvgIpc) is 2.71. The molecule has 6 nitrogen and oxygen atoms in total. The fourth-order valence-corrected chi connectivity index (χ4v) is 2.44. The van der Waals surface area contributed by atoms with E-state index in [4.69, 9.17) is 17.2 Å². The number of nitrogens with two attached hydrogens (primary N) is 3. The van der Waals surface area contributed by atoms with Crippen LogP contribution in [0.15, 0.2) is 34.3 Å². The molecule has 1 unspecified atom stereocenters. The lowest BCUT2D eigenvalue weighted by atomic mass is 10.3. The van der Waals surface area contributed by atoms with Gasteiger partial charge >= 0.3 is 0 Å². The predicted molar refractivity (Wildman–Crippen MR) is 75.5 cm³/mol. The highest BCUT2D eigenvalue weighted by molar-refractivity contribution is 7.18. The first-order valence-corrected chi connectivity index (χ1v) is 6.16. The fourth-order valence-electron chi connectivity index (χ4n) is 1.48. The molecule has 0 radical (unpaired) electrons. The number of benzene rings is 1. The largest absolute Gasteiger partial charge is 0.370 e. The second kappa shape index (κ2) is 5.01. The minimum atomic E-state index is -0.175. The van der Waals surface area contributed by atoms with Crippen molar-refractivity contribution in [3.63, 3.8) is 0 Å². The van der Waals surface area contributed by atoms with Gasteiger partial charge in [0.05, 0.1) is 10.2 Å². The summed E-state index contributed by atoms with van der Waals surface area (Å²) in [5.41, 5.74) is 17.0.